The van der Waals surface area contributed by atoms with Crippen LogP contribution >= 0.6 is 0 Å². The molecule has 2 rings (SSSR count). The van der Waals surface area contributed by atoms with Gasteiger partial charge in [0.1, 0.15) is 10.6 Å². The molecule has 0 radical (unpaired) electrons. The molecular weight excluding hydrogens is 256 g/mol. The highest BCUT2D eigenvalue weighted by Crippen LogP contribution is 2.21. The summed E-state index contributed by atoms with van der Waals surface area (Å²) < 4.78 is 37.5. The largest absolute Gasteiger partial charge is 0.377 e. The minimum absolute atomic E-state index is 0.0553. The summed E-state index contributed by atoms with van der Waals surface area (Å²) in [6, 6.07) is -0.258. The zero-order valence-electron chi connectivity index (χ0n) is 10.8. The molecule has 1 N–H and O–H groups in total. The van der Waals surface area contributed by atoms with Gasteiger partial charge in [0, 0.05) is 12.6 Å². The smallest absolute Gasteiger partial charge is 0.246 e. The lowest BCUT2D eigenvalue weighted by molar-refractivity contribution is 0.0902. The number of hydrogen-bond donors (Lipinski definition) is 1. The normalized spacial score (nSPS) is 22.3. The van der Waals surface area contributed by atoms with Gasteiger partial charge >= 0.3 is 0 Å². The Morgan fingerprint density at radius 1 is 1.44 bits per heavy atom. The maximum Gasteiger partial charge on any atom is 0.246 e. The Bertz CT molecular complexity index is 498. The number of sulfonamides is 1. The Hall–Kier alpha value is -0.920. The Labute approximate surface area is 107 Å². The predicted octanol–water partition coefficient (Wildman–Crippen LogP) is 1.14. The average Bonchev–Trinajstić information content (AvgIpc) is 2.87. The van der Waals surface area contributed by atoms with Crippen molar-refractivity contribution in [2.45, 2.75) is 50.7 Å². The fourth-order valence-corrected chi connectivity index (χ4v) is 3.84. The van der Waals surface area contributed by atoms with Gasteiger partial charge in [-0.2, -0.15) is 0 Å². The fraction of sp³-hybridized carbons (Fsp3) is 0.727. The first kappa shape index (κ1) is 13.5. The van der Waals surface area contributed by atoms with Gasteiger partial charge in [-0.1, -0.05) is 5.16 Å². The molecule has 0 saturated carbocycles. The molecule has 0 bridgehead atoms. The predicted molar refractivity (Wildman–Crippen MR) is 64.7 cm³/mol. The van der Waals surface area contributed by atoms with Crippen molar-refractivity contribution < 1.29 is 17.7 Å². The average molecular weight is 274 g/mol. The third-order valence-corrected chi connectivity index (χ3v) is 4.90. The summed E-state index contributed by atoms with van der Waals surface area (Å²) >= 11 is 0. The van der Waals surface area contributed by atoms with E-state index in [-0.39, 0.29) is 17.0 Å². The molecule has 0 aromatic carbocycles. The minimum Gasteiger partial charge on any atom is -0.377 e. The van der Waals surface area contributed by atoms with E-state index < -0.39 is 10.0 Å². The van der Waals surface area contributed by atoms with E-state index in [4.69, 9.17) is 9.26 Å². The molecule has 1 aliphatic heterocycles. The number of rotatable bonds is 4. The second kappa shape index (κ2) is 4.99. The Kier molecular flexibility index (Phi) is 3.74. The topological polar surface area (TPSA) is 81.4 Å². The van der Waals surface area contributed by atoms with E-state index in [9.17, 15) is 8.42 Å². The van der Waals surface area contributed by atoms with Crippen molar-refractivity contribution >= 4 is 10.0 Å². The summed E-state index contributed by atoms with van der Waals surface area (Å²) in [6.45, 7) is 5.71. The number of hydrogen-bond acceptors (Lipinski definition) is 5. The number of nitrogens with zero attached hydrogens (tertiary/aromatic N) is 1. The van der Waals surface area contributed by atoms with E-state index in [1.54, 1.807) is 13.8 Å². The van der Waals surface area contributed by atoms with Crippen molar-refractivity contribution in [2.75, 3.05) is 6.61 Å². The molecule has 1 fully saturated rings. The molecule has 2 heterocycles. The zero-order chi connectivity index (χ0) is 13.3. The first-order valence-electron chi connectivity index (χ1n) is 5.98. The maximum absolute atomic E-state index is 12.2. The molecule has 18 heavy (non-hydrogen) atoms. The van der Waals surface area contributed by atoms with E-state index in [0.29, 0.717) is 18.1 Å². The van der Waals surface area contributed by atoms with Crippen molar-refractivity contribution in [1.29, 1.82) is 0 Å². The molecule has 2 atom stereocenters. The van der Waals surface area contributed by atoms with Crippen LogP contribution in [0.15, 0.2) is 9.42 Å². The summed E-state index contributed by atoms with van der Waals surface area (Å²) in [5, 5.41) is 3.66. The lowest BCUT2D eigenvalue weighted by Crippen LogP contribution is -2.41. The van der Waals surface area contributed by atoms with Crippen LogP contribution in [0.25, 0.3) is 0 Å². The van der Waals surface area contributed by atoms with Crippen LogP contribution in [-0.4, -0.2) is 32.3 Å². The molecule has 1 saturated heterocycles. The van der Waals surface area contributed by atoms with Crippen LogP contribution in [0.3, 0.4) is 0 Å². The second-order valence-corrected chi connectivity index (χ2v) is 6.27. The Morgan fingerprint density at radius 2 is 2.17 bits per heavy atom. The molecular formula is C11H18N2O4S. The molecule has 0 amide bonds. The molecule has 0 aliphatic carbocycles. The lowest BCUT2D eigenvalue weighted by Gasteiger charge is -2.19. The van der Waals surface area contributed by atoms with Crippen molar-refractivity contribution in [3.05, 3.63) is 11.5 Å². The van der Waals surface area contributed by atoms with Crippen LogP contribution in [-0.2, 0) is 14.8 Å². The molecule has 1 aromatic rings. The van der Waals surface area contributed by atoms with Crippen molar-refractivity contribution in [2.24, 2.45) is 0 Å². The first-order chi connectivity index (χ1) is 8.42. The monoisotopic (exact) mass is 274 g/mol. The number of ether oxygens (including phenoxy) is 1. The van der Waals surface area contributed by atoms with Gasteiger partial charge in [0.2, 0.25) is 10.0 Å². The van der Waals surface area contributed by atoms with Crippen molar-refractivity contribution in [3.63, 3.8) is 0 Å². The summed E-state index contributed by atoms with van der Waals surface area (Å²) in [4.78, 5) is 0.132. The van der Waals surface area contributed by atoms with Gasteiger partial charge in [0.25, 0.3) is 0 Å². The standard InChI is InChI=1S/C11H18N2O4S/c1-7(10-5-4-6-16-10)13-18(14,15)11-8(2)12-17-9(11)3/h7,10,13H,4-6H2,1-3H3/t7-,10-/m0/s1. The third-order valence-electron chi connectivity index (χ3n) is 3.10. The summed E-state index contributed by atoms with van der Waals surface area (Å²) in [5.41, 5.74) is 0.375. The summed E-state index contributed by atoms with van der Waals surface area (Å²) in [6.07, 6.45) is 1.80. The SMILES string of the molecule is Cc1noc(C)c1S(=O)(=O)N[C@@H](C)[C@@H]1CCCO1. The van der Waals surface area contributed by atoms with E-state index in [2.05, 4.69) is 9.88 Å². The number of aryl methyl sites for hydroxylation is 2. The van der Waals surface area contributed by atoms with Gasteiger partial charge in [-0.15, -0.1) is 0 Å². The summed E-state index contributed by atoms with van der Waals surface area (Å²) in [5.74, 6) is 0.305. The van der Waals surface area contributed by atoms with Gasteiger partial charge in [-0.25, -0.2) is 13.1 Å². The molecule has 1 aromatic heterocycles. The molecule has 0 spiro atoms. The minimum atomic E-state index is -3.60. The van der Waals surface area contributed by atoms with Crippen LogP contribution in [0.5, 0.6) is 0 Å². The van der Waals surface area contributed by atoms with Gasteiger partial charge in [-0.3, -0.25) is 0 Å². The van der Waals surface area contributed by atoms with Crippen LogP contribution in [0.4, 0.5) is 0 Å². The van der Waals surface area contributed by atoms with E-state index >= 15 is 0 Å². The van der Waals surface area contributed by atoms with Gasteiger partial charge < -0.3 is 9.26 Å². The summed E-state index contributed by atoms with van der Waals surface area (Å²) in [7, 11) is -3.60. The molecule has 6 nitrogen and oxygen atoms in total. The molecule has 1 aliphatic rings. The van der Waals surface area contributed by atoms with E-state index in [0.717, 1.165) is 12.8 Å². The molecule has 102 valence electrons. The van der Waals surface area contributed by atoms with Crippen LogP contribution in [0.2, 0.25) is 0 Å². The van der Waals surface area contributed by atoms with Crippen LogP contribution in [0.1, 0.15) is 31.2 Å². The van der Waals surface area contributed by atoms with Gasteiger partial charge in [0.15, 0.2) is 5.76 Å². The Balaban J connectivity index is 2.17. The quantitative estimate of drug-likeness (QED) is 0.890. The lowest BCUT2D eigenvalue weighted by atomic mass is 10.1. The van der Waals surface area contributed by atoms with E-state index in [1.807, 2.05) is 6.92 Å². The van der Waals surface area contributed by atoms with Gasteiger partial charge in [0.05, 0.1) is 6.10 Å². The zero-order valence-corrected chi connectivity index (χ0v) is 11.6. The third kappa shape index (κ3) is 2.57. The second-order valence-electron chi connectivity index (χ2n) is 4.61. The van der Waals surface area contributed by atoms with Crippen molar-refractivity contribution in [3.8, 4) is 0 Å². The van der Waals surface area contributed by atoms with E-state index in [1.165, 1.54) is 0 Å². The molecule has 0 unspecified atom stereocenters. The number of nitrogens with one attached hydrogen (secondary N) is 1. The first-order valence-corrected chi connectivity index (χ1v) is 7.47. The van der Waals surface area contributed by atoms with Gasteiger partial charge in [-0.05, 0) is 33.6 Å². The fourth-order valence-electron chi connectivity index (χ4n) is 2.23. The number of aromatic nitrogens is 1. The highest BCUT2D eigenvalue weighted by atomic mass is 32.2. The highest BCUT2D eigenvalue weighted by molar-refractivity contribution is 7.89. The van der Waals surface area contributed by atoms with Crippen molar-refractivity contribution in [1.82, 2.24) is 9.88 Å². The maximum atomic E-state index is 12.2. The molecule has 7 heteroatoms. The van der Waals surface area contributed by atoms with Crippen LogP contribution < -0.4 is 4.72 Å². The Morgan fingerprint density at radius 3 is 2.67 bits per heavy atom. The van der Waals surface area contributed by atoms with Crippen LogP contribution in [0, 0.1) is 13.8 Å². The highest BCUT2D eigenvalue weighted by Gasteiger charge is 2.30.